The first-order valence-corrected chi connectivity index (χ1v) is 11.7. The van der Waals surface area contributed by atoms with Gasteiger partial charge < -0.3 is 0 Å². The summed E-state index contributed by atoms with van der Waals surface area (Å²) in [6, 6.07) is 21.5. The van der Waals surface area contributed by atoms with Crippen LogP contribution in [0.25, 0.3) is 0 Å². The van der Waals surface area contributed by atoms with Crippen LogP contribution in [0.1, 0.15) is 5.56 Å². The Morgan fingerprint density at radius 3 is 1.83 bits per heavy atom. The predicted octanol–water partition coefficient (Wildman–Crippen LogP) is 3.80. The molecule has 0 bridgehead atoms. The summed E-state index contributed by atoms with van der Waals surface area (Å²) in [5, 5.41) is 0.375. The van der Waals surface area contributed by atoms with E-state index >= 15 is 0 Å². The average Bonchev–Trinajstić information content (AvgIpc) is 2.73. The van der Waals surface area contributed by atoms with Gasteiger partial charge >= 0.3 is 0 Å². The summed E-state index contributed by atoms with van der Waals surface area (Å²) in [6.07, 6.45) is 0. The van der Waals surface area contributed by atoms with E-state index in [1.54, 1.807) is 48.5 Å². The Bertz CT molecular complexity index is 1230. The average molecular weight is 449 g/mol. The maximum absolute atomic E-state index is 13.0. The first kappa shape index (κ1) is 21.0. The minimum Gasteiger partial charge on any atom is -0.252 e. The van der Waals surface area contributed by atoms with Crippen molar-refractivity contribution >= 4 is 37.5 Å². The number of halogens is 1. The molecule has 0 saturated heterocycles. The van der Waals surface area contributed by atoms with Gasteiger partial charge in [-0.05, 0) is 36.4 Å². The van der Waals surface area contributed by atoms with Crippen LogP contribution < -0.4 is 0 Å². The second kappa shape index (κ2) is 8.36. The van der Waals surface area contributed by atoms with Crippen LogP contribution >= 0.6 is 11.6 Å². The van der Waals surface area contributed by atoms with Gasteiger partial charge in [-0.15, -0.1) is 4.40 Å². The highest BCUT2D eigenvalue weighted by Crippen LogP contribution is 2.21. The number of nitrogens with zero attached hydrogens (tertiary/aromatic N) is 2. The highest BCUT2D eigenvalue weighted by atomic mass is 35.5. The van der Waals surface area contributed by atoms with Gasteiger partial charge in [-0.2, -0.15) is 8.42 Å². The van der Waals surface area contributed by atoms with Crippen LogP contribution in [0.5, 0.6) is 0 Å². The summed E-state index contributed by atoms with van der Waals surface area (Å²) in [6.45, 7) is 0. The fraction of sp³-hybridized carbons (Fsp3) is 0.0500. The molecule has 0 radical (unpaired) electrons. The molecular formula is C20H17ClN2O4S2. The van der Waals surface area contributed by atoms with Crippen LogP contribution in [0.2, 0.25) is 5.02 Å². The van der Waals surface area contributed by atoms with Gasteiger partial charge in [0.2, 0.25) is 0 Å². The highest BCUT2D eigenvalue weighted by Gasteiger charge is 2.27. The van der Waals surface area contributed by atoms with E-state index in [1.165, 1.54) is 43.4 Å². The molecule has 0 aliphatic carbocycles. The van der Waals surface area contributed by atoms with Gasteiger partial charge in [0.05, 0.1) is 9.79 Å². The van der Waals surface area contributed by atoms with Crippen molar-refractivity contribution in [1.29, 1.82) is 0 Å². The summed E-state index contributed by atoms with van der Waals surface area (Å²) in [4.78, 5) is -0.0733. The number of hydrogen-bond acceptors (Lipinski definition) is 4. The maximum atomic E-state index is 13.0. The van der Waals surface area contributed by atoms with Crippen molar-refractivity contribution in [2.45, 2.75) is 9.79 Å². The third-order valence-electron chi connectivity index (χ3n) is 4.05. The Morgan fingerprint density at radius 2 is 1.28 bits per heavy atom. The third kappa shape index (κ3) is 4.67. The van der Waals surface area contributed by atoms with Crippen LogP contribution in [0.15, 0.2) is 99.1 Å². The Balaban J connectivity index is 2.16. The van der Waals surface area contributed by atoms with E-state index in [9.17, 15) is 16.8 Å². The summed E-state index contributed by atoms with van der Waals surface area (Å²) in [7, 11) is -6.95. The topological polar surface area (TPSA) is 83.9 Å². The van der Waals surface area contributed by atoms with Crippen molar-refractivity contribution in [2.24, 2.45) is 4.40 Å². The largest absolute Gasteiger partial charge is 0.284 e. The fourth-order valence-corrected chi connectivity index (χ4v) is 4.93. The fourth-order valence-electron chi connectivity index (χ4n) is 2.52. The van der Waals surface area contributed by atoms with E-state index < -0.39 is 20.0 Å². The van der Waals surface area contributed by atoms with Crippen molar-refractivity contribution in [1.82, 2.24) is 4.31 Å². The molecule has 0 aliphatic rings. The van der Waals surface area contributed by atoms with Crippen molar-refractivity contribution in [3.05, 3.63) is 95.5 Å². The first-order chi connectivity index (χ1) is 13.7. The summed E-state index contributed by atoms with van der Waals surface area (Å²) < 4.78 is 56.5. The normalized spacial score (nSPS) is 12.6. The summed E-state index contributed by atoms with van der Waals surface area (Å²) >= 11 is 5.82. The molecule has 3 rings (SSSR count). The van der Waals surface area contributed by atoms with Gasteiger partial charge in [0, 0.05) is 17.6 Å². The number of amidine groups is 1. The minimum absolute atomic E-state index is 0.0232. The molecule has 3 aromatic carbocycles. The van der Waals surface area contributed by atoms with Gasteiger partial charge in [-0.25, -0.2) is 8.42 Å². The monoisotopic (exact) mass is 448 g/mol. The Labute approximate surface area is 175 Å². The molecule has 0 atom stereocenters. The molecular weight excluding hydrogens is 432 g/mol. The molecule has 0 spiro atoms. The molecule has 0 heterocycles. The maximum Gasteiger partial charge on any atom is 0.284 e. The lowest BCUT2D eigenvalue weighted by Crippen LogP contribution is -2.34. The van der Waals surface area contributed by atoms with E-state index in [1.807, 2.05) is 0 Å². The molecule has 0 amide bonds. The SMILES string of the molecule is CN(/C(=N\S(=O)(=O)c1ccc(Cl)cc1)c1ccccc1)S(=O)(=O)c1ccccc1. The lowest BCUT2D eigenvalue weighted by atomic mass is 10.2. The zero-order valence-corrected chi connectivity index (χ0v) is 17.7. The molecule has 0 unspecified atom stereocenters. The molecule has 0 saturated carbocycles. The molecule has 150 valence electrons. The van der Waals surface area contributed by atoms with Crippen LogP contribution in [-0.4, -0.2) is 34.0 Å². The molecule has 0 aromatic heterocycles. The lowest BCUT2D eigenvalue weighted by Gasteiger charge is -2.21. The smallest absolute Gasteiger partial charge is 0.252 e. The standard InChI is InChI=1S/C20H17ClN2O4S2/c1-23(29(26,27)19-10-6-3-7-11-19)20(16-8-4-2-5-9-16)22-28(24,25)18-14-12-17(21)13-15-18/h2-15H,1H3/b22-20-. The van der Waals surface area contributed by atoms with E-state index in [0.29, 0.717) is 10.6 Å². The number of benzene rings is 3. The number of sulfonamides is 2. The molecule has 0 aliphatic heterocycles. The van der Waals surface area contributed by atoms with Crippen molar-refractivity contribution in [3.8, 4) is 0 Å². The Kier molecular flexibility index (Phi) is 6.07. The molecule has 3 aromatic rings. The van der Waals surface area contributed by atoms with E-state index in [-0.39, 0.29) is 15.6 Å². The minimum atomic E-state index is -4.19. The third-order valence-corrected chi connectivity index (χ3v) is 7.35. The second-order valence-corrected chi connectivity index (χ2v) is 10.0. The van der Waals surface area contributed by atoms with Crippen LogP contribution in [0.4, 0.5) is 0 Å². The molecule has 0 fully saturated rings. The lowest BCUT2D eigenvalue weighted by molar-refractivity contribution is 0.552. The summed E-state index contributed by atoms with van der Waals surface area (Å²) in [5.41, 5.74) is 0.340. The number of rotatable bonds is 5. The zero-order valence-electron chi connectivity index (χ0n) is 15.3. The Hall–Kier alpha value is -2.68. The molecule has 9 heteroatoms. The van der Waals surface area contributed by atoms with Crippen molar-refractivity contribution in [2.75, 3.05) is 7.05 Å². The van der Waals surface area contributed by atoms with Gasteiger partial charge in [-0.1, -0.05) is 60.1 Å². The van der Waals surface area contributed by atoms with E-state index in [0.717, 1.165) is 4.31 Å². The first-order valence-electron chi connectivity index (χ1n) is 8.42. The quantitative estimate of drug-likeness (QED) is 0.439. The highest BCUT2D eigenvalue weighted by molar-refractivity contribution is 7.91. The van der Waals surface area contributed by atoms with E-state index in [4.69, 9.17) is 11.6 Å². The zero-order chi connectivity index (χ0) is 21.1. The van der Waals surface area contributed by atoms with Crippen LogP contribution in [-0.2, 0) is 20.0 Å². The molecule has 6 nitrogen and oxygen atoms in total. The van der Waals surface area contributed by atoms with Gasteiger partial charge in [0.15, 0.2) is 5.84 Å². The molecule has 0 N–H and O–H groups in total. The van der Waals surface area contributed by atoms with Gasteiger partial charge in [0.1, 0.15) is 0 Å². The van der Waals surface area contributed by atoms with Gasteiger partial charge in [-0.3, -0.25) is 4.31 Å². The molecule has 29 heavy (non-hydrogen) atoms. The van der Waals surface area contributed by atoms with Crippen molar-refractivity contribution < 1.29 is 16.8 Å². The van der Waals surface area contributed by atoms with Crippen LogP contribution in [0, 0.1) is 0 Å². The number of hydrogen-bond donors (Lipinski definition) is 0. The van der Waals surface area contributed by atoms with Crippen LogP contribution in [0.3, 0.4) is 0 Å². The van der Waals surface area contributed by atoms with Crippen molar-refractivity contribution in [3.63, 3.8) is 0 Å². The van der Waals surface area contributed by atoms with E-state index in [2.05, 4.69) is 4.40 Å². The second-order valence-electron chi connectivity index (χ2n) is 6.00. The predicted molar refractivity (Wildman–Crippen MR) is 113 cm³/mol. The Morgan fingerprint density at radius 1 is 0.759 bits per heavy atom. The van der Waals surface area contributed by atoms with Gasteiger partial charge in [0.25, 0.3) is 20.0 Å². The summed E-state index contributed by atoms with van der Waals surface area (Å²) in [5.74, 6) is -0.218.